The molecular formula is C55H46N2. The zero-order chi connectivity index (χ0) is 39.0. The summed E-state index contributed by atoms with van der Waals surface area (Å²) in [5.74, 6) is 0. The second kappa shape index (κ2) is 13.2. The van der Waals surface area contributed by atoms with Gasteiger partial charge in [0.05, 0.1) is 0 Å². The lowest BCUT2D eigenvalue weighted by atomic mass is 9.79. The topological polar surface area (TPSA) is 6.48 Å². The highest BCUT2D eigenvalue weighted by Crippen LogP contribution is 2.56. The van der Waals surface area contributed by atoms with Gasteiger partial charge >= 0.3 is 0 Å². The van der Waals surface area contributed by atoms with Crippen LogP contribution in [0.5, 0.6) is 0 Å². The number of hydrogen-bond donors (Lipinski definition) is 0. The molecule has 57 heavy (non-hydrogen) atoms. The van der Waals surface area contributed by atoms with Crippen LogP contribution in [0.4, 0.5) is 34.1 Å². The van der Waals surface area contributed by atoms with E-state index in [2.05, 4.69) is 221 Å². The van der Waals surface area contributed by atoms with Gasteiger partial charge in [-0.1, -0.05) is 121 Å². The van der Waals surface area contributed by atoms with E-state index in [1.165, 1.54) is 76.8 Å². The first-order chi connectivity index (χ1) is 27.6. The van der Waals surface area contributed by atoms with Crippen molar-refractivity contribution in [3.8, 4) is 11.1 Å². The highest BCUT2D eigenvalue weighted by atomic mass is 15.1. The summed E-state index contributed by atoms with van der Waals surface area (Å²) in [6.07, 6.45) is 0. The van der Waals surface area contributed by atoms with Crippen molar-refractivity contribution >= 4 is 66.4 Å². The van der Waals surface area contributed by atoms with Gasteiger partial charge in [0.25, 0.3) is 0 Å². The van der Waals surface area contributed by atoms with Crippen molar-refractivity contribution in [2.24, 2.45) is 0 Å². The van der Waals surface area contributed by atoms with Gasteiger partial charge in [-0.05, 0) is 167 Å². The SMILES string of the molecule is Cc1ccc(N(c2ccc(C)cc2)c2ccc3cc4c(cc3c2)C(C)(C)c2c-4c3ccccc3c3cc(N(c4ccc(C)cc4)c4ccc(C)cc4)ccc23)cc1. The van der Waals surface area contributed by atoms with Crippen LogP contribution in [0, 0.1) is 27.7 Å². The maximum absolute atomic E-state index is 2.47. The third-order valence-electron chi connectivity index (χ3n) is 12.2. The van der Waals surface area contributed by atoms with Crippen molar-refractivity contribution in [2.45, 2.75) is 47.0 Å². The maximum Gasteiger partial charge on any atom is 0.0468 e. The lowest BCUT2D eigenvalue weighted by Crippen LogP contribution is -2.16. The Morgan fingerprint density at radius 3 is 1.30 bits per heavy atom. The van der Waals surface area contributed by atoms with E-state index in [1.54, 1.807) is 0 Å². The molecule has 1 aliphatic carbocycles. The highest BCUT2D eigenvalue weighted by molar-refractivity contribution is 6.19. The Morgan fingerprint density at radius 1 is 0.351 bits per heavy atom. The second-order valence-electron chi connectivity index (χ2n) is 16.6. The Hall–Kier alpha value is -6.64. The van der Waals surface area contributed by atoms with Gasteiger partial charge in [-0.3, -0.25) is 0 Å². The van der Waals surface area contributed by atoms with Crippen LogP contribution < -0.4 is 9.80 Å². The third-order valence-corrected chi connectivity index (χ3v) is 12.2. The molecule has 10 rings (SSSR count). The van der Waals surface area contributed by atoms with Crippen LogP contribution in [0.25, 0.3) is 43.4 Å². The minimum absolute atomic E-state index is 0.222. The van der Waals surface area contributed by atoms with E-state index in [4.69, 9.17) is 0 Å². The Bertz CT molecular complexity index is 2900. The predicted molar refractivity (Wildman–Crippen MR) is 245 cm³/mol. The molecule has 0 unspecified atom stereocenters. The van der Waals surface area contributed by atoms with Gasteiger partial charge in [0.15, 0.2) is 0 Å². The van der Waals surface area contributed by atoms with Crippen LogP contribution in [0.2, 0.25) is 0 Å². The fraction of sp³-hybridized carbons (Fsp3) is 0.127. The van der Waals surface area contributed by atoms with E-state index in [9.17, 15) is 0 Å². The summed E-state index contributed by atoms with van der Waals surface area (Å²) in [7, 11) is 0. The first kappa shape index (κ1) is 34.8. The molecule has 0 bridgehead atoms. The number of hydrogen-bond acceptors (Lipinski definition) is 2. The molecule has 0 fully saturated rings. The lowest BCUT2D eigenvalue weighted by molar-refractivity contribution is 0.667. The molecule has 9 aromatic rings. The number of nitrogens with zero attached hydrogens (tertiary/aromatic N) is 2. The van der Waals surface area contributed by atoms with E-state index < -0.39 is 0 Å². The highest BCUT2D eigenvalue weighted by Gasteiger charge is 2.39. The smallest absolute Gasteiger partial charge is 0.0468 e. The van der Waals surface area contributed by atoms with E-state index >= 15 is 0 Å². The molecule has 276 valence electrons. The monoisotopic (exact) mass is 734 g/mol. The maximum atomic E-state index is 2.47. The molecule has 0 aliphatic heterocycles. The molecule has 9 aromatic carbocycles. The fourth-order valence-corrected chi connectivity index (χ4v) is 9.20. The minimum atomic E-state index is -0.222. The van der Waals surface area contributed by atoms with Crippen LogP contribution in [0.1, 0.15) is 47.2 Å². The Morgan fingerprint density at radius 2 is 0.789 bits per heavy atom. The van der Waals surface area contributed by atoms with Crippen molar-refractivity contribution in [1.29, 1.82) is 0 Å². The summed E-state index contributed by atoms with van der Waals surface area (Å²) in [6.45, 7) is 13.4. The zero-order valence-electron chi connectivity index (χ0n) is 33.6. The fourth-order valence-electron chi connectivity index (χ4n) is 9.20. The quantitative estimate of drug-likeness (QED) is 0.157. The van der Waals surface area contributed by atoms with Crippen LogP contribution >= 0.6 is 0 Å². The van der Waals surface area contributed by atoms with Crippen LogP contribution in [0.15, 0.2) is 170 Å². The average Bonchev–Trinajstić information content (AvgIpc) is 3.45. The molecule has 0 N–H and O–H groups in total. The number of anilines is 6. The molecule has 0 heterocycles. The summed E-state index contributed by atoms with van der Waals surface area (Å²) in [6, 6.07) is 63.5. The van der Waals surface area contributed by atoms with E-state index in [0.717, 1.165) is 34.1 Å². The molecule has 0 radical (unpaired) electrons. The van der Waals surface area contributed by atoms with Gasteiger partial charge in [0.1, 0.15) is 0 Å². The molecule has 0 saturated heterocycles. The van der Waals surface area contributed by atoms with Crippen LogP contribution in [-0.2, 0) is 5.41 Å². The molecular weight excluding hydrogens is 689 g/mol. The Kier molecular flexibility index (Phi) is 8.09. The number of fused-ring (bicyclic) bond motifs is 9. The minimum Gasteiger partial charge on any atom is -0.310 e. The van der Waals surface area contributed by atoms with Crippen LogP contribution in [0.3, 0.4) is 0 Å². The number of aryl methyl sites for hydroxylation is 4. The Balaban J connectivity index is 1.15. The van der Waals surface area contributed by atoms with Gasteiger partial charge in [-0.15, -0.1) is 0 Å². The number of benzene rings is 9. The normalized spacial score (nSPS) is 12.9. The molecule has 1 aliphatic rings. The number of rotatable bonds is 6. The molecule has 0 amide bonds. The summed E-state index contributed by atoms with van der Waals surface area (Å²) in [5, 5.41) is 7.69. The standard InChI is InChI=1S/C55H46N2/c1-35-11-20-41(21-12-35)56(42-22-13-36(2)14-23-42)45-28-19-39-32-51-52(33-40(39)31-45)55(5,6)54-49-30-29-46(34-50(49)47-9-7-8-10-48(47)53(51)54)57(43-24-15-37(3)16-25-43)44-26-17-38(4)18-27-44/h7-34H,1-6H3. The van der Waals surface area contributed by atoms with Crippen molar-refractivity contribution < 1.29 is 0 Å². The predicted octanol–water partition coefficient (Wildman–Crippen LogP) is 15.6. The van der Waals surface area contributed by atoms with Crippen molar-refractivity contribution in [3.63, 3.8) is 0 Å². The van der Waals surface area contributed by atoms with E-state index in [1.807, 2.05) is 0 Å². The molecule has 2 heteroatoms. The summed E-state index contributed by atoms with van der Waals surface area (Å²) in [4.78, 5) is 4.77. The summed E-state index contributed by atoms with van der Waals surface area (Å²) >= 11 is 0. The largest absolute Gasteiger partial charge is 0.310 e. The van der Waals surface area contributed by atoms with Crippen LogP contribution in [-0.4, -0.2) is 0 Å². The third kappa shape index (κ3) is 5.78. The van der Waals surface area contributed by atoms with Gasteiger partial charge in [0.2, 0.25) is 0 Å². The lowest BCUT2D eigenvalue weighted by Gasteiger charge is -2.28. The molecule has 0 spiro atoms. The van der Waals surface area contributed by atoms with E-state index in [-0.39, 0.29) is 5.41 Å². The van der Waals surface area contributed by atoms with Crippen molar-refractivity contribution in [1.82, 2.24) is 0 Å². The summed E-state index contributed by atoms with van der Waals surface area (Å²) < 4.78 is 0. The zero-order valence-corrected chi connectivity index (χ0v) is 33.6. The van der Waals surface area contributed by atoms with Gasteiger partial charge < -0.3 is 9.80 Å². The first-order valence-corrected chi connectivity index (χ1v) is 20.1. The molecule has 2 nitrogen and oxygen atoms in total. The van der Waals surface area contributed by atoms with E-state index in [0.29, 0.717) is 0 Å². The van der Waals surface area contributed by atoms with Crippen molar-refractivity contribution in [2.75, 3.05) is 9.80 Å². The second-order valence-corrected chi connectivity index (χ2v) is 16.6. The molecule has 0 atom stereocenters. The van der Waals surface area contributed by atoms with Gasteiger partial charge in [0, 0.05) is 39.5 Å². The van der Waals surface area contributed by atoms with Gasteiger partial charge in [-0.2, -0.15) is 0 Å². The Labute approximate surface area is 336 Å². The summed E-state index contributed by atoms with van der Waals surface area (Å²) in [5.41, 5.74) is 17.2. The average molecular weight is 735 g/mol. The molecule has 0 saturated carbocycles. The first-order valence-electron chi connectivity index (χ1n) is 20.1. The molecule has 0 aromatic heterocycles. The van der Waals surface area contributed by atoms with Crippen molar-refractivity contribution in [3.05, 3.63) is 203 Å². The van der Waals surface area contributed by atoms with Gasteiger partial charge in [-0.25, -0.2) is 0 Å².